The maximum Gasteiger partial charge on any atom is 0.166 e. The molecule has 0 saturated carbocycles. The van der Waals surface area contributed by atoms with Crippen molar-refractivity contribution in [1.82, 2.24) is 9.97 Å². The van der Waals surface area contributed by atoms with Gasteiger partial charge in [-0.2, -0.15) is 0 Å². The van der Waals surface area contributed by atoms with Crippen LogP contribution in [0.25, 0.3) is 11.0 Å². The van der Waals surface area contributed by atoms with Crippen LogP contribution in [0, 0.1) is 0 Å². The summed E-state index contributed by atoms with van der Waals surface area (Å²) in [6.07, 6.45) is 0. The normalized spacial score (nSPS) is 11.1. The zero-order valence-corrected chi connectivity index (χ0v) is 10.3. The highest BCUT2D eigenvalue weighted by Gasteiger charge is 2.03. The van der Waals surface area contributed by atoms with Crippen LogP contribution in [0.2, 0.25) is 0 Å². The van der Waals surface area contributed by atoms with Gasteiger partial charge in [0.25, 0.3) is 0 Å². The first-order valence-corrected chi connectivity index (χ1v) is 6.44. The van der Waals surface area contributed by atoms with Gasteiger partial charge < -0.3 is 21.2 Å². The Morgan fingerprint density at radius 1 is 1.35 bits per heavy atom. The van der Waals surface area contributed by atoms with Crippen LogP contribution < -0.4 is 11.5 Å². The van der Waals surface area contributed by atoms with E-state index in [1.165, 1.54) is 0 Å². The molecule has 1 aromatic heterocycles. The first-order valence-electron chi connectivity index (χ1n) is 5.45. The Kier molecular flexibility index (Phi) is 4.24. The molecule has 5 N–H and O–H groups in total. The van der Waals surface area contributed by atoms with Gasteiger partial charge in [0.05, 0.1) is 24.2 Å². The zero-order chi connectivity index (χ0) is 12.1. The van der Waals surface area contributed by atoms with Crippen molar-refractivity contribution in [3.63, 3.8) is 0 Å². The van der Waals surface area contributed by atoms with E-state index in [-0.39, 0.29) is 0 Å². The summed E-state index contributed by atoms with van der Waals surface area (Å²) in [5, 5.41) is 0.891. The van der Waals surface area contributed by atoms with E-state index in [9.17, 15) is 0 Å². The second-order valence-electron chi connectivity index (χ2n) is 3.57. The van der Waals surface area contributed by atoms with Crippen molar-refractivity contribution in [2.75, 3.05) is 31.2 Å². The van der Waals surface area contributed by atoms with Crippen LogP contribution in [0.5, 0.6) is 0 Å². The average molecular weight is 252 g/mol. The van der Waals surface area contributed by atoms with Gasteiger partial charge in [0.1, 0.15) is 0 Å². The Labute approximate surface area is 104 Å². The number of aromatic nitrogens is 2. The molecule has 6 heteroatoms. The fourth-order valence-corrected chi connectivity index (χ4v) is 2.19. The number of hydrogen-bond acceptors (Lipinski definition) is 5. The Balaban J connectivity index is 1.91. The highest BCUT2D eigenvalue weighted by atomic mass is 32.2. The van der Waals surface area contributed by atoms with Crippen molar-refractivity contribution < 1.29 is 4.74 Å². The largest absolute Gasteiger partial charge is 0.399 e. The van der Waals surface area contributed by atoms with Gasteiger partial charge >= 0.3 is 0 Å². The van der Waals surface area contributed by atoms with Gasteiger partial charge in [-0.1, -0.05) is 11.8 Å². The maximum absolute atomic E-state index is 5.70. The molecule has 2 aromatic rings. The van der Waals surface area contributed by atoms with Crippen molar-refractivity contribution in [2.24, 2.45) is 5.73 Å². The van der Waals surface area contributed by atoms with Crippen molar-refractivity contribution in [1.29, 1.82) is 0 Å². The highest BCUT2D eigenvalue weighted by Crippen LogP contribution is 2.20. The monoisotopic (exact) mass is 252 g/mol. The first-order chi connectivity index (χ1) is 8.29. The Hall–Kier alpha value is -1.24. The molecule has 1 heterocycles. The van der Waals surface area contributed by atoms with E-state index in [2.05, 4.69) is 9.97 Å². The molecule has 0 radical (unpaired) electrons. The third-order valence-corrected chi connectivity index (χ3v) is 3.05. The van der Waals surface area contributed by atoms with Gasteiger partial charge in [-0.05, 0) is 18.2 Å². The summed E-state index contributed by atoms with van der Waals surface area (Å²) >= 11 is 1.63. The standard InChI is InChI=1S/C11H16N4OS/c12-3-4-16-5-6-17-11-14-9-2-1-8(13)7-10(9)15-11/h1-2,7H,3-6,12-13H2,(H,14,15). The SMILES string of the molecule is NCCOCCSc1nc2ccc(N)cc2[nH]1. The van der Waals surface area contributed by atoms with E-state index in [1.807, 2.05) is 18.2 Å². The fourth-order valence-electron chi connectivity index (χ4n) is 1.45. The predicted molar refractivity (Wildman–Crippen MR) is 71.1 cm³/mol. The number of hydrogen-bond donors (Lipinski definition) is 3. The predicted octanol–water partition coefficient (Wildman–Crippen LogP) is 1.21. The first kappa shape index (κ1) is 12.2. The molecule has 0 atom stereocenters. The number of H-pyrrole nitrogens is 1. The number of aromatic amines is 1. The van der Waals surface area contributed by atoms with Gasteiger partial charge in [0.2, 0.25) is 0 Å². The molecule has 1 aromatic carbocycles. The number of fused-ring (bicyclic) bond motifs is 1. The van der Waals surface area contributed by atoms with Crippen molar-refractivity contribution in [3.8, 4) is 0 Å². The van der Waals surface area contributed by atoms with Gasteiger partial charge in [-0.3, -0.25) is 0 Å². The van der Waals surface area contributed by atoms with Gasteiger partial charge in [-0.25, -0.2) is 4.98 Å². The summed E-state index contributed by atoms with van der Waals surface area (Å²) in [4.78, 5) is 7.66. The van der Waals surface area contributed by atoms with Crippen LogP contribution in [-0.4, -0.2) is 35.5 Å². The number of anilines is 1. The number of rotatable bonds is 6. The third-order valence-electron chi connectivity index (χ3n) is 2.21. The zero-order valence-electron chi connectivity index (χ0n) is 9.48. The molecule has 17 heavy (non-hydrogen) atoms. The molecule has 0 aliphatic heterocycles. The summed E-state index contributed by atoms with van der Waals surface area (Å²) < 4.78 is 5.29. The molecule has 0 aliphatic carbocycles. The second-order valence-corrected chi connectivity index (χ2v) is 4.65. The lowest BCUT2D eigenvalue weighted by atomic mass is 10.3. The van der Waals surface area contributed by atoms with E-state index in [0.29, 0.717) is 19.8 Å². The number of nitrogens with one attached hydrogen (secondary N) is 1. The maximum atomic E-state index is 5.70. The molecule has 0 bridgehead atoms. The Morgan fingerprint density at radius 2 is 2.24 bits per heavy atom. The highest BCUT2D eigenvalue weighted by molar-refractivity contribution is 7.99. The van der Waals surface area contributed by atoms with Gasteiger partial charge in [0, 0.05) is 18.0 Å². The minimum Gasteiger partial charge on any atom is -0.399 e. The van der Waals surface area contributed by atoms with Gasteiger partial charge in [0.15, 0.2) is 5.16 Å². The molecular weight excluding hydrogens is 236 g/mol. The number of imidazole rings is 1. The lowest BCUT2D eigenvalue weighted by Gasteiger charge is -1.99. The Morgan fingerprint density at radius 3 is 3.06 bits per heavy atom. The minimum absolute atomic E-state index is 0.564. The van der Waals surface area contributed by atoms with Crippen LogP contribution in [0.1, 0.15) is 0 Å². The average Bonchev–Trinajstić information content (AvgIpc) is 2.70. The number of thioether (sulfide) groups is 1. The number of nitrogens with zero attached hydrogens (tertiary/aromatic N) is 1. The number of ether oxygens (including phenoxy) is 1. The van der Waals surface area contributed by atoms with Crippen LogP contribution in [0.4, 0.5) is 5.69 Å². The molecule has 0 aliphatic rings. The summed E-state index contributed by atoms with van der Waals surface area (Å²) in [6, 6.07) is 5.65. The van der Waals surface area contributed by atoms with Crippen LogP contribution in [0.3, 0.4) is 0 Å². The lowest BCUT2D eigenvalue weighted by Crippen LogP contribution is -2.09. The molecule has 92 valence electrons. The molecule has 0 amide bonds. The van der Waals surface area contributed by atoms with E-state index < -0.39 is 0 Å². The topological polar surface area (TPSA) is 89.9 Å². The molecule has 5 nitrogen and oxygen atoms in total. The molecule has 0 unspecified atom stereocenters. The van der Waals surface area contributed by atoms with Crippen LogP contribution >= 0.6 is 11.8 Å². The fraction of sp³-hybridized carbons (Fsp3) is 0.364. The van der Waals surface area contributed by atoms with Crippen molar-refractivity contribution >= 4 is 28.5 Å². The number of nitrogen functional groups attached to an aromatic ring is 1. The lowest BCUT2D eigenvalue weighted by molar-refractivity contribution is 0.158. The third kappa shape index (κ3) is 3.36. The quantitative estimate of drug-likeness (QED) is 0.408. The molecule has 2 rings (SSSR count). The van der Waals surface area contributed by atoms with Crippen molar-refractivity contribution in [2.45, 2.75) is 5.16 Å². The van der Waals surface area contributed by atoms with E-state index in [1.54, 1.807) is 11.8 Å². The van der Waals surface area contributed by atoms with E-state index >= 15 is 0 Å². The smallest absolute Gasteiger partial charge is 0.166 e. The van der Waals surface area contributed by atoms with E-state index in [0.717, 1.165) is 27.6 Å². The van der Waals surface area contributed by atoms with Crippen LogP contribution in [-0.2, 0) is 4.74 Å². The molecule has 0 saturated heterocycles. The molecular formula is C11H16N4OS. The number of nitrogens with two attached hydrogens (primary N) is 2. The summed E-state index contributed by atoms with van der Waals surface area (Å²) in [6.45, 7) is 1.85. The molecule has 0 fully saturated rings. The number of benzene rings is 1. The van der Waals surface area contributed by atoms with Crippen molar-refractivity contribution in [3.05, 3.63) is 18.2 Å². The Bertz CT molecular complexity index is 485. The summed E-state index contributed by atoms with van der Waals surface area (Å²) in [5.41, 5.74) is 13.7. The molecule has 0 spiro atoms. The summed E-state index contributed by atoms with van der Waals surface area (Å²) in [5.74, 6) is 0.856. The van der Waals surface area contributed by atoms with E-state index in [4.69, 9.17) is 16.2 Å². The van der Waals surface area contributed by atoms with Gasteiger partial charge in [-0.15, -0.1) is 0 Å². The second kappa shape index (κ2) is 5.90. The minimum atomic E-state index is 0.564. The summed E-state index contributed by atoms with van der Waals surface area (Å²) in [7, 11) is 0. The van der Waals surface area contributed by atoms with Crippen LogP contribution in [0.15, 0.2) is 23.4 Å².